The predicted octanol–water partition coefficient (Wildman–Crippen LogP) is 6.28. The Bertz CT molecular complexity index is 1070. The van der Waals surface area contributed by atoms with Crippen molar-refractivity contribution >= 4 is 34.9 Å². The zero-order valence-corrected chi connectivity index (χ0v) is 23.8. The van der Waals surface area contributed by atoms with Crippen LogP contribution in [0.2, 0.25) is 0 Å². The normalized spacial score (nSPS) is 23.7. The van der Waals surface area contributed by atoms with Gasteiger partial charge in [-0.3, -0.25) is 0 Å². The van der Waals surface area contributed by atoms with Crippen molar-refractivity contribution in [2.75, 3.05) is 47.8 Å². The zero-order chi connectivity index (χ0) is 26.5. The van der Waals surface area contributed by atoms with Gasteiger partial charge in [-0.1, -0.05) is 51.7 Å². The minimum Gasteiger partial charge on any atom is -0.361 e. The van der Waals surface area contributed by atoms with Crippen LogP contribution in [0.4, 0.5) is 22.0 Å². The molecule has 3 fully saturated rings. The molecule has 0 unspecified atom stereocenters. The molecule has 38 heavy (non-hydrogen) atoms. The van der Waals surface area contributed by atoms with Gasteiger partial charge in [-0.05, 0) is 73.9 Å². The molecule has 2 N–H and O–H groups in total. The summed E-state index contributed by atoms with van der Waals surface area (Å²) in [6.07, 6.45) is 10.7. The highest BCUT2D eigenvalue weighted by Gasteiger charge is 2.35. The number of nitrogens with zero attached hydrogens (tertiary/aromatic N) is 4. The highest BCUT2D eigenvalue weighted by atomic mass is 32.1. The van der Waals surface area contributed by atoms with Crippen molar-refractivity contribution in [3.63, 3.8) is 0 Å². The summed E-state index contributed by atoms with van der Waals surface area (Å²) >= 11 is 5.76. The minimum atomic E-state index is -0.193. The number of piperidine rings is 1. The van der Waals surface area contributed by atoms with Gasteiger partial charge in [0.1, 0.15) is 17.5 Å². The second-order valence-corrected chi connectivity index (χ2v) is 12.4. The Morgan fingerprint density at radius 3 is 2.16 bits per heavy atom. The summed E-state index contributed by atoms with van der Waals surface area (Å²) in [5.74, 6) is 3.63. The second-order valence-electron chi connectivity index (χ2n) is 12.0. The zero-order valence-electron chi connectivity index (χ0n) is 23.0. The Morgan fingerprint density at radius 1 is 0.921 bits per heavy atom. The van der Waals surface area contributed by atoms with E-state index in [2.05, 4.69) is 40.3 Å². The van der Waals surface area contributed by atoms with Crippen LogP contribution in [0.3, 0.4) is 0 Å². The van der Waals surface area contributed by atoms with Crippen LogP contribution in [0.25, 0.3) is 0 Å². The van der Waals surface area contributed by atoms with Crippen molar-refractivity contribution < 1.29 is 4.39 Å². The number of aromatic nitrogens is 2. The Labute approximate surface area is 232 Å². The first-order valence-corrected chi connectivity index (χ1v) is 15.0. The molecule has 2 saturated heterocycles. The molecule has 5 rings (SSSR count). The van der Waals surface area contributed by atoms with Crippen LogP contribution in [0.1, 0.15) is 77.2 Å². The molecule has 8 heteroatoms. The molecule has 206 valence electrons. The van der Waals surface area contributed by atoms with Crippen LogP contribution in [0.5, 0.6) is 0 Å². The maximum absolute atomic E-state index is 13.6. The van der Waals surface area contributed by atoms with Crippen LogP contribution in [-0.4, -0.2) is 47.8 Å². The van der Waals surface area contributed by atoms with Gasteiger partial charge in [0.15, 0.2) is 5.11 Å². The molecule has 0 radical (unpaired) electrons. The molecular formula is C30H43FN6S. The van der Waals surface area contributed by atoms with E-state index in [-0.39, 0.29) is 11.2 Å². The molecule has 3 aliphatic rings. The fourth-order valence-corrected chi connectivity index (χ4v) is 6.93. The lowest BCUT2D eigenvalue weighted by Gasteiger charge is -2.36. The van der Waals surface area contributed by atoms with Gasteiger partial charge >= 0.3 is 0 Å². The smallest absolute Gasteiger partial charge is 0.232 e. The van der Waals surface area contributed by atoms with Crippen LogP contribution >= 0.6 is 12.2 Å². The molecule has 6 nitrogen and oxygen atoms in total. The lowest BCUT2D eigenvalue weighted by molar-refractivity contribution is 0.355. The van der Waals surface area contributed by atoms with E-state index in [0.717, 1.165) is 50.7 Å². The highest BCUT2D eigenvalue weighted by Crippen LogP contribution is 2.40. The van der Waals surface area contributed by atoms with E-state index in [1.807, 2.05) is 12.1 Å². The van der Waals surface area contributed by atoms with Crippen molar-refractivity contribution in [3.05, 3.63) is 41.7 Å². The molecule has 2 aromatic rings. The van der Waals surface area contributed by atoms with Crippen LogP contribution in [0, 0.1) is 17.7 Å². The van der Waals surface area contributed by atoms with Gasteiger partial charge in [-0.15, -0.1) is 0 Å². The van der Waals surface area contributed by atoms with Crippen molar-refractivity contribution in [3.8, 4) is 0 Å². The minimum absolute atomic E-state index is 0.0283. The predicted molar refractivity (Wildman–Crippen MR) is 159 cm³/mol. The summed E-state index contributed by atoms with van der Waals surface area (Å²) < 4.78 is 13.6. The standard InChI is InChI=1S/C30H43FN6S/c1-22-17-23(2)20-37(19-22)27-18-26(36-15-7-3-4-8-16-36)33-28(34-27)35-29(38)32-21-30(13-5-6-14-30)24-9-11-25(31)12-10-24/h9-12,18,22-23H,3-8,13-17,19-21H2,1-2H3,(H2,32,33,34,35,38)/t22-,23-/m1/s1. The van der Waals surface area contributed by atoms with E-state index in [1.165, 1.54) is 50.5 Å². The molecule has 1 aliphatic carbocycles. The third-order valence-corrected chi connectivity index (χ3v) is 8.90. The van der Waals surface area contributed by atoms with Gasteiger partial charge in [0.25, 0.3) is 0 Å². The molecule has 1 aromatic heterocycles. The maximum atomic E-state index is 13.6. The third kappa shape index (κ3) is 6.56. The number of hydrogen-bond acceptors (Lipinski definition) is 5. The molecular weight excluding hydrogens is 495 g/mol. The molecule has 0 spiro atoms. The number of halogens is 1. The van der Waals surface area contributed by atoms with Gasteiger partial charge in [0, 0.05) is 44.2 Å². The maximum Gasteiger partial charge on any atom is 0.232 e. The van der Waals surface area contributed by atoms with E-state index in [1.54, 1.807) is 12.1 Å². The van der Waals surface area contributed by atoms with E-state index in [9.17, 15) is 4.39 Å². The quantitative estimate of drug-likeness (QED) is 0.420. The average molecular weight is 539 g/mol. The summed E-state index contributed by atoms with van der Waals surface area (Å²) in [5.41, 5.74) is 1.15. The van der Waals surface area contributed by atoms with Crippen molar-refractivity contribution in [2.45, 2.75) is 77.0 Å². The van der Waals surface area contributed by atoms with Crippen molar-refractivity contribution in [2.24, 2.45) is 11.8 Å². The van der Waals surface area contributed by atoms with Crippen LogP contribution in [0.15, 0.2) is 30.3 Å². The number of rotatable bonds is 6. The summed E-state index contributed by atoms with van der Waals surface area (Å²) in [7, 11) is 0. The van der Waals surface area contributed by atoms with Crippen LogP contribution in [-0.2, 0) is 5.41 Å². The van der Waals surface area contributed by atoms with Crippen molar-refractivity contribution in [1.29, 1.82) is 0 Å². The summed E-state index contributed by atoms with van der Waals surface area (Å²) in [5, 5.41) is 7.33. The summed E-state index contributed by atoms with van der Waals surface area (Å²) in [6, 6.07) is 9.18. The lowest BCUT2D eigenvalue weighted by atomic mass is 9.79. The summed E-state index contributed by atoms with van der Waals surface area (Å²) in [4.78, 5) is 14.7. The largest absolute Gasteiger partial charge is 0.361 e. The third-order valence-electron chi connectivity index (χ3n) is 8.65. The number of hydrogen-bond donors (Lipinski definition) is 2. The Balaban J connectivity index is 1.33. The topological polar surface area (TPSA) is 56.3 Å². The van der Waals surface area contributed by atoms with Crippen molar-refractivity contribution in [1.82, 2.24) is 15.3 Å². The number of thiocarbonyl (C=S) groups is 1. The first kappa shape index (κ1) is 27.1. The van der Waals surface area contributed by atoms with Gasteiger partial charge in [-0.25, -0.2) is 4.39 Å². The van der Waals surface area contributed by atoms with Gasteiger partial charge < -0.3 is 20.4 Å². The van der Waals surface area contributed by atoms with Gasteiger partial charge in [0.2, 0.25) is 5.95 Å². The fraction of sp³-hybridized carbons (Fsp3) is 0.633. The average Bonchev–Trinajstić information content (AvgIpc) is 3.21. The summed E-state index contributed by atoms with van der Waals surface area (Å²) in [6.45, 7) is 9.48. The SMILES string of the molecule is C[C@@H]1C[C@@H](C)CN(c2cc(N3CCCCCC3)nc(NC(=S)NCC3(c4ccc(F)cc4)CCCC3)n2)C1. The van der Waals surface area contributed by atoms with Crippen LogP contribution < -0.4 is 20.4 Å². The Morgan fingerprint density at radius 2 is 1.53 bits per heavy atom. The highest BCUT2D eigenvalue weighted by molar-refractivity contribution is 7.80. The molecule has 2 aliphatic heterocycles. The van der Waals surface area contributed by atoms with E-state index in [4.69, 9.17) is 22.2 Å². The van der Waals surface area contributed by atoms with E-state index in [0.29, 0.717) is 29.4 Å². The number of anilines is 3. The fourth-order valence-electron chi connectivity index (χ4n) is 6.77. The Hall–Kier alpha value is -2.48. The Kier molecular flexibility index (Phi) is 8.66. The second kappa shape index (κ2) is 12.1. The molecule has 1 saturated carbocycles. The van der Waals surface area contributed by atoms with Gasteiger partial charge in [0.05, 0.1) is 0 Å². The molecule has 3 heterocycles. The lowest BCUT2D eigenvalue weighted by Crippen LogP contribution is -2.41. The first-order valence-electron chi connectivity index (χ1n) is 14.6. The molecule has 2 atom stereocenters. The first-order chi connectivity index (χ1) is 18.4. The molecule has 0 bridgehead atoms. The molecule has 0 amide bonds. The van der Waals surface area contributed by atoms with E-state index < -0.39 is 0 Å². The number of benzene rings is 1. The molecule has 1 aromatic carbocycles. The number of nitrogens with one attached hydrogen (secondary N) is 2. The monoisotopic (exact) mass is 538 g/mol. The van der Waals surface area contributed by atoms with Gasteiger partial charge in [-0.2, -0.15) is 9.97 Å². The van der Waals surface area contributed by atoms with E-state index >= 15 is 0 Å².